The summed E-state index contributed by atoms with van der Waals surface area (Å²) in [7, 11) is 2.11. The van der Waals surface area contributed by atoms with Crippen molar-refractivity contribution in [1.29, 1.82) is 10.5 Å². The molecule has 23 heteroatoms. The van der Waals surface area contributed by atoms with Gasteiger partial charge in [0.05, 0.1) is 77.1 Å². The lowest BCUT2D eigenvalue weighted by atomic mass is 9.83. The van der Waals surface area contributed by atoms with Crippen molar-refractivity contribution in [2.45, 2.75) is 114 Å². The van der Waals surface area contributed by atoms with E-state index in [0.29, 0.717) is 100 Å². The molecule has 4 aromatic carbocycles. The van der Waals surface area contributed by atoms with E-state index in [9.17, 15) is 28.9 Å². The van der Waals surface area contributed by atoms with Gasteiger partial charge in [-0.05, 0) is 112 Å². The Morgan fingerprint density at radius 3 is 1.80 bits per heavy atom. The van der Waals surface area contributed by atoms with E-state index in [1.165, 1.54) is 9.80 Å². The highest BCUT2D eigenvalue weighted by Crippen LogP contribution is 2.48. The zero-order valence-corrected chi connectivity index (χ0v) is 52.9. The van der Waals surface area contributed by atoms with Gasteiger partial charge in [0, 0.05) is 117 Å². The fraction of sp³-hybridized carbons (Fsp3) is 0.471. The van der Waals surface area contributed by atoms with Gasteiger partial charge in [-0.15, -0.1) is 0 Å². The molecule has 7 aliphatic heterocycles. The van der Waals surface area contributed by atoms with Gasteiger partial charge in [0.2, 0.25) is 0 Å². The average molecular weight is 1280 g/mol. The maximum absolute atomic E-state index is 14.4. The summed E-state index contributed by atoms with van der Waals surface area (Å²) in [6.07, 6.45) is 5.71. The van der Waals surface area contributed by atoms with Gasteiger partial charge >= 0.3 is 12.0 Å². The third-order valence-electron chi connectivity index (χ3n) is 20.0. The molecule has 5 fully saturated rings. The molecule has 7 aliphatic rings. The summed E-state index contributed by atoms with van der Waals surface area (Å²) in [5.74, 6) is -2.36. The number of amides is 2. The molecule has 5 saturated heterocycles. The smallest absolute Gasteiger partial charge is 0.318 e. The monoisotopic (exact) mass is 1270 g/mol. The molecule has 13 rings (SSSR count). The van der Waals surface area contributed by atoms with E-state index < -0.39 is 35.6 Å². The van der Waals surface area contributed by atoms with E-state index in [1.807, 2.05) is 30.3 Å². The zero-order valence-electron chi connectivity index (χ0n) is 51.4. The molecule has 0 radical (unpaired) electrons. The molecule has 91 heavy (non-hydrogen) atoms. The normalized spacial score (nSPS) is 23.1. The number of piperazine rings is 2. The molecule has 0 N–H and O–H groups in total. The first-order valence-electron chi connectivity index (χ1n) is 31.6. The van der Waals surface area contributed by atoms with Gasteiger partial charge in [0.1, 0.15) is 24.8 Å². The Labute approximate surface area is 538 Å². The van der Waals surface area contributed by atoms with Crippen molar-refractivity contribution < 1.29 is 32.6 Å². The number of ether oxygens (including phenoxy) is 3. The largest absolute Gasteiger partial charge is 0.462 e. The molecule has 0 bridgehead atoms. The molecule has 6 aromatic rings. The van der Waals surface area contributed by atoms with E-state index >= 15 is 0 Å². The first-order valence-corrected chi connectivity index (χ1v) is 32.4. The number of nitriles is 2. The van der Waals surface area contributed by atoms with Crippen molar-refractivity contribution in [2.24, 2.45) is 0 Å². The summed E-state index contributed by atoms with van der Waals surface area (Å²) in [5.41, 5.74) is 6.45. The van der Waals surface area contributed by atoms with Crippen LogP contribution in [0.2, 0.25) is 10.0 Å². The van der Waals surface area contributed by atoms with Gasteiger partial charge in [0.15, 0.2) is 11.7 Å². The molecule has 0 spiro atoms. The summed E-state index contributed by atoms with van der Waals surface area (Å²) < 4.78 is 48.2. The van der Waals surface area contributed by atoms with E-state index in [4.69, 9.17) is 57.3 Å². The molecular weight excluding hydrogens is 1200 g/mol. The predicted molar refractivity (Wildman–Crippen MR) is 346 cm³/mol. The number of carbonyl (C=O) groups excluding carboxylic acids is 2. The van der Waals surface area contributed by atoms with Crippen molar-refractivity contribution in [2.75, 3.05) is 112 Å². The number of fused-ring (bicyclic) bond motifs is 4. The van der Waals surface area contributed by atoms with Gasteiger partial charge in [-0.2, -0.15) is 30.5 Å². The number of rotatable bonds is 16. The SMILES string of the molecule is C=C(F)C(=O)N1CCN(c2nc(OCC3CC(c4cc(N5CCc6c(nc(OCC7(C)CCCN7C)nc6N6CCN(C(=O)C(=C)F)[C@@H](CC#N)C6)C5)c5c(Cl)cccc5c4)N3C3CCOCC3)nc3c2CCN(c2cccc4cccc(Cl)c24)C3)C[C@@H]1CC#N. The lowest BCUT2D eigenvalue weighted by Gasteiger charge is -2.53. The van der Waals surface area contributed by atoms with E-state index in [2.05, 4.69) is 105 Å². The van der Waals surface area contributed by atoms with Gasteiger partial charge in [-0.1, -0.05) is 72.8 Å². The average Bonchev–Trinajstić information content (AvgIpc) is 1.43. The van der Waals surface area contributed by atoms with Gasteiger partial charge < -0.3 is 43.6 Å². The zero-order chi connectivity index (χ0) is 63.2. The topological polar surface area (TPSA) is 187 Å². The second-order valence-electron chi connectivity index (χ2n) is 25.4. The van der Waals surface area contributed by atoms with Crippen LogP contribution in [0.25, 0.3) is 21.5 Å². The number of hydrogen-bond acceptors (Lipinski definition) is 17. The standard InChI is InChI=1S/C68H74Cl2F2N14O5/c1-42(71)64(87)84-29-27-82(36-48(84)15-22-73)62-51-17-25-80(57-14-7-10-44-9-5-12-53(69)60(44)57)38-55(51)75-66(77-62)90-40-50-35-58(86(50)47-19-31-89-32-20-47)46-33-45-11-6-13-54(70)61(45)59(34-46)81-26-18-52-56(39-81)76-67(91-41-68(3)21-8-24-79(68)4)78-63(52)83-28-30-85(65(88)43(2)72)49(37-83)16-23-74/h5-7,9-14,33-34,47-50,58H,1-2,8,15-21,24-32,35-41H2,3-4H3/t48-,49-,50?,58?,68?/m0/s1. The first kappa shape index (κ1) is 61.9. The van der Waals surface area contributed by atoms with Crippen LogP contribution < -0.4 is 29.1 Å². The predicted octanol–water partition coefficient (Wildman–Crippen LogP) is 10.1. The minimum absolute atomic E-state index is 0.00648. The lowest BCUT2D eigenvalue weighted by molar-refractivity contribution is -0.132. The third kappa shape index (κ3) is 12.2. The Morgan fingerprint density at radius 2 is 1.24 bits per heavy atom. The number of aromatic nitrogens is 4. The number of anilines is 4. The van der Waals surface area contributed by atoms with Crippen LogP contribution in [0.3, 0.4) is 0 Å². The summed E-state index contributed by atoms with van der Waals surface area (Å²) in [5, 5.41) is 25.1. The molecule has 0 aliphatic carbocycles. The summed E-state index contributed by atoms with van der Waals surface area (Å²) in [4.78, 5) is 63.3. The van der Waals surface area contributed by atoms with Crippen molar-refractivity contribution >= 4 is 79.6 Å². The molecule has 3 unspecified atom stereocenters. The minimum atomic E-state index is -1.06. The molecule has 9 heterocycles. The number of likely N-dealkylation sites (tertiary alicyclic amines) is 2. The van der Waals surface area contributed by atoms with Gasteiger partial charge in [-0.25, -0.2) is 8.78 Å². The van der Waals surface area contributed by atoms with Crippen LogP contribution in [0.4, 0.5) is 31.8 Å². The van der Waals surface area contributed by atoms with Crippen LogP contribution in [-0.4, -0.2) is 173 Å². The summed E-state index contributed by atoms with van der Waals surface area (Å²) >= 11 is 14.2. The quantitative estimate of drug-likeness (QED) is 0.0832. The van der Waals surface area contributed by atoms with Crippen molar-refractivity contribution in [3.05, 3.63) is 130 Å². The highest BCUT2D eigenvalue weighted by molar-refractivity contribution is 6.37. The molecule has 0 saturated carbocycles. The fourth-order valence-electron chi connectivity index (χ4n) is 15.1. The number of halogens is 4. The molecule has 474 valence electrons. The third-order valence-corrected chi connectivity index (χ3v) is 20.6. The van der Waals surface area contributed by atoms with E-state index in [0.717, 1.165) is 99.6 Å². The Hall–Kier alpha value is -7.92. The summed E-state index contributed by atoms with van der Waals surface area (Å²) in [6, 6.07) is 26.6. The van der Waals surface area contributed by atoms with E-state index in [-0.39, 0.29) is 74.7 Å². The molecular formula is C68H74Cl2F2N14O5. The van der Waals surface area contributed by atoms with Crippen LogP contribution in [0.5, 0.6) is 12.0 Å². The van der Waals surface area contributed by atoms with Crippen LogP contribution in [0, 0.1) is 22.7 Å². The fourth-order valence-corrected chi connectivity index (χ4v) is 15.6. The molecule has 2 aromatic heterocycles. The number of hydrogen-bond donors (Lipinski definition) is 0. The van der Waals surface area contributed by atoms with Gasteiger partial charge in [0.25, 0.3) is 11.8 Å². The first-order chi connectivity index (χ1) is 44.1. The lowest BCUT2D eigenvalue weighted by Crippen LogP contribution is -2.58. The van der Waals surface area contributed by atoms with Crippen molar-refractivity contribution in [3.63, 3.8) is 0 Å². The highest BCUT2D eigenvalue weighted by atomic mass is 35.5. The second-order valence-corrected chi connectivity index (χ2v) is 26.2. The number of likely N-dealkylation sites (N-methyl/N-ethyl adjacent to an activating group) is 1. The van der Waals surface area contributed by atoms with Crippen LogP contribution in [0.1, 0.15) is 86.0 Å². The Morgan fingerprint density at radius 1 is 0.692 bits per heavy atom. The maximum Gasteiger partial charge on any atom is 0.318 e. The minimum Gasteiger partial charge on any atom is -0.462 e. The van der Waals surface area contributed by atoms with E-state index in [1.54, 1.807) is 0 Å². The Bertz CT molecular complexity index is 3930. The molecule has 5 atom stereocenters. The molecule has 2 amide bonds. The maximum atomic E-state index is 14.4. The number of carbonyl (C=O) groups is 2. The van der Waals surface area contributed by atoms with Crippen LogP contribution in [0.15, 0.2) is 91.5 Å². The van der Waals surface area contributed by atoms with Crippen LogP contribution >= 0.6 is 23.2 Å². The summed E-state index contributed by atoms with van der Waals surface area (Å²) in [6.45, 7) is 15.4. The van der Waals surface area contributed by atoms with Crippen LogP contribution in [-0.2, 0) is 40.3 Å². The number of benzene rings is 4. The number of nitrogens with zero attached hydrogens (tertiary/aromatic N) is 14. The second kappa shape index (κ2) is 26.0. The van der Waals surface area contributed by atoms with Gasteiger partial charge in [-0.3, -0.25) is 19.4 Å². The molecule has 19 nitrogen and oxygen atoms in total. The Kier molecular flexibility index (Phi) is 17.7. The highest BCUT2D eigenvalue weighted by Gasteiger charge is 2.46. The van der Waals surface area contributed by atoms with Crippen molar-refractivity contribution in [1.82, 2.24) is 39.5 Å². The van der Waals surface area contributed by atoms with Crippen molar-refractivity contribution in [3.8, 4) is 24.2 Å². The Balaban J connectivity index is 0.808.